The van der Waals surface area contributed by atoms with E-state index in [0.717, 1.165) is 5.75 Å². The first-order valence-corrected chi connectivity index (χ1v) is 7.50. The lowest BCUT2D eigenvalue weighted by Crippen LogP contribution is -2.51. The van der Waals surface area contributed by atoms with Crippen LogP contribution in [0.4, 0.5) is 4.79 Å². The molecule has 0 aromatic carbocycles. The van der Waals surface area contributed by atoms with Gasteiger partial charge in [-0.2, -0.15) is 16.9 Å². The molecule has 1 aromatic rings. The van der Waals surface area contributed by atoms with Crippen molar-refractivity contribution in [3.63, 3.8) is 0 Å². The summed E-state index contributed by atoms with van der Waals surface area (Å²) in [5.41, 5.74) is 0. The van der Waals surface area contributed by atoms with E-state index >= 15 is 0 Å². The van der Waals surface area contributed by atoms with Gasteiger partial charge in [0.1, 0.15) is 12.2 Å². The number of amides is 2. The number of carbonyl (C=O) groups is 2. The Labute approximate surface area is 120 Å². The third kappa shape index (κ3) is 4.12. The normalized spacial score (nSPS) is 18.8. The highest BCUT2D eigenvalue weighted by molar-refractivity contribution is 7.99. The lowest BCUT2D eigenvalue weighted by atomic mass is 10.2. The fraction of sp³-hybridized carbons (Fsp3) is 0.636. The second kappa shape index (κ2) is 7.13. The molecule has 20 heavy (non-hydrogen) atoms. The molecule has 1 aliphatic heterocycles. The minimum absolute atomic E-state index is 0.0114. The van der Waals surface area contributed by atoms with Gasteiger partial charge < -0.3 is 15.3 Å². The van der Waals surface area contributed by atoms with Crippen LogP contribution >= 0.6 is 11.8 Å². The van der Waals surface area contributed by atoms with E-state index < -0.39 is 5.97 Å². The first kappa shape index (κ1) is 14.6. The molecule has 1 atom stereocenters. The molecule has 0 aliphatic carbocycles. The van der Waals surface area contributed by atoms with Crippen LogP contribution in [0.25, 0.3) is 0 Å². The molecule has 1 fully saturated rings. The Morgan fingerprint density at radius 2 is 2.45 bits per heavy atom. The number of urea groups is 1. The van der Waals surface area contributed by atoms with Gasteiger partial charge in [0.25, 0.3) is 0 Å². The molecule has 1 aromatic heterocycles. The number of nitrogens with one attached hydrogen (secondary N) is 2. The highest BCUT2D eigenvalue weighted by Crippen LogP contribution is 2.18. The van der Waals surface area contributed by atoms with Crippen LogP contribution in [0.2, 0.25) is 0 Å². The number of thioether (sulfide) groups is 1. The number of hydrogen-bond donors (Lipinski definition) is 3. The van der Waals surface area contributed by atoms with E-state index in [1.165, 1.54) is 6.33 Å². The smallest absolute Gasteiger partial charge is 0.317 e. The van der Waals surface area contributed by atoms with Crippen molar-refractivity contribution in [2.75, 3.05) is 24.6 Å². The van der Waals surface area contributed by atoms with Gasteiger partial charge in [0.2, 0.25) is 0 Å². The Hall–Kier alpha value is -1.77. The SMILES string of the molecule is O=C(O)CC1CSCCN1C(=O)NCCc1ncn[nH]1. The summed E-state index contributed by atoms with van der Waals surface area (Å²) in [6, 6.07) is -0.451. The van der Waals surface area contributed by atoms with Gasteiger partial charge in [0.15, 0.2) is 0 Å². The van der Waals surface area contributed by atoms with Gasteiger partial charge in [0, 0.05) is 31.0 Å². The number of carbonyl (C=O) groups excluding carboxylic acids is 1. The molecule has 8 nitrogen and oxygen atoms in total. The summed E-state index contributed by atoms with van der Waals surface area (Å²) in [5.74, 6) is 1.34. The topological polar surface area (TPSA) is 111 Å². The summed E-state index contributed by atoms with van der Waals surface area (Å²) in [6.07, 6.45) is 1.97. The number of carboxylic acid groups (broad SMARTS) is 1. The number of nitrogens with zero attached hydrogens (tertiary/aromatic N) is 3. The Morgan fingerprint density at radius 3 is 3.15 bits per heavy atom. The predicted molar refractivity (Wildman–Crippen MR) is 73.6 cm³/mol. The van der Waals surface area contributed by atoms with Gasteiger partial charge in [-0.25, -0.2) is 9.78 Å². The highest BCUT2D eigenvalue weighted by Gasteiger charge is 2.28. The number of rotatable bonds is 5. The Morgan fingerprint density at radius 1 is 1.60 bits per heavy atom. The first-order valence-electron chi connectivity index (χ1n) is 6.35. The maximum Gasteiger partial charge on any atom is 0.317 e. The summed E-state index contributed by atoms with van der Waals surface area (Å²) in [4.78, 5) is 28.5. The van der Waals surface area contributed by atoms with Crippen molar-refractivity contribution >= 4 is 23.8 Å². The molecule has 0 saturated carbocycles. The van der Waals surface area contributed by atoms with Gasteiger partial charge in [-0.05, 0) is 0 Å². The van der Waals surface area contributed by atoms with Crippen LogP contribution < -0.4 is 5.32 Å². The first-order chi connectivity index (χ1) is 9.66. The molecule has 110 valence electrons. The maximum atomic E-state index is 12.1. The fourth-order valence-electron chi connectivity index (χ4n) is 2.03. The molecular formula is C11H17N5O3S. The summed E-state index contributed by atoms with van der Waals surface area (Å²) >= 11 is 1.68. The van der Waals surface area contributed by atoms with Crippen molar-refractivity contribution in [1.29, 1.82) is 0 Å². The molecule has 0 bridgehead atoms. The molecule has 1 saturated heterocycles. The summed E-state index contributed by atoms with van der Waals surface area (Å²) in [7, 11) is 0. The van der Waals surface area contributed by atoms with Crippen molar-refractivity contribution in [3.05, 3.63) is 12.2 Å². The maximum absolute atomic E-state index is 12.1. The van der Waals surface area contributed by atoms with Crippen LogP contribution in [-0.4, -0.2) is 67.8 Å². The van der Waals surface area contributed by atoms with Crippen LogP contribution in [0, 0.1) is 0 Å². The van der Waals surface area contributed by atoms with E-state index in [1.807, 2.05) is 0 Å². The van der Waals surface area contributed by atoms with E-state index in [4.69, 9.17) is 5.11 Å². The van der Waals surface area contributed by atoms with Crippen LogP contribution in [-0.2, 0) is 11.2 Å². The summed E-state index contributed by atoms with van der Waals surface area (Å²) in [6.45, 7) is 1.02. The Kier molecular flexibility index (Phi) is 5.22. The van der Waals surface area contributed by atoms with Crippen LogP contribution in [0.15, 0.2) is 6.33 Å². The zero-order valence-corrected chi connectivity index (χ0v) is 11.7. The van der Waals surface area contributed by atoms with Gasteiger partial charge in [-0.15, -0.1) is 0 Å². The monoisotopic (exact) mass is 299 g/mol. The average Bonchev–Trinajstić information content (AvgIpc) is 2.91. The largest absolute Gasteiger partial charge is 0.481 e. The Bertz CT molecular complexity index is 453. The summed E-state index contributed by atoms with van der Waals surface area (Å²) < 4.78 is 0. The van der Waals surface area contributed by atoms with E-state index in [1.54, 1.807) is 16.7 Å². The van der Waals surface area contributed by atoms with E-state index in [0.29, 0.717) is 31.1 Å². The number of aromatic nitrogens is 3. The minimum atomic E-state index is -0.878. The number of carboxylic acids is 1. The Balaban J connectivity index is 1.81. The van der Waals surface area contributed by atoms with Gasteiger partial charge in [-0.1, -0.05) is 0 Å². The molecule has 0 radical (unpaired) electrons. The lowest BCUT2D eigenvalue weighted by molar-refractivity contribution is -0.137. The third-order valence-corrected chi connectivity index (χ3v) is 4.09. The summed E-state index contributed by atoms with van der Waals surface area (Å²) in [5, 5.41) is 18.1. The highest BCUT2D eigenvalue weighted by atomic mass is 32.2. The van der Waals surface area contributed by atoms with Crippen molar-refractivity contribution in [2.45, 2.75) is 18.9 Å². The second-order valence-electron chi connectivity index (χ2n) is 4.43. The number of aromatic amines is 1. The molecular weight excluding hydrogens is 282 g/mol. The number of H-pyrrole nitrogens is 1. The quantitative estimate of drug-likeness (QED) is 0.703. The van der Waals surface area contributed by atoms with Crippen LogP contribution in [0.1, 0.15) is 12.2 Å². The molecule has 9 heteroatoms. The number of aliphatic carboxylic acids is 1. The van der Waals surface area contributed by atoms with Crippen LogP contribution in [0.3, 0.4) is 0 Å². The third-order valence-electron chi connectivity index (χ3n) is 3.00. The van der Waals surface area contributed by atoms with Gasteiger partial charge in [0.05, 0.1) is 12.5 Å². The van der Waals surface area contributed by atoms with Crippen molar-refractivity contribution in [2.24, 2.45) is 0 Å². The van der Waals surface area contributed by atoms with E-state index in [2.05, 4.69) is 20.5 Å². The lowest BCUT2D eigenvalue weighted by Gasteiger charge is -2.34. The molecule has 2 amide bonds. The second-order valence-corrected chi connectivity index (χ2v) is 5.58. The zero-order chi connectivity index (χ0) is 14.4. The van der Waals surface area contributed by atoms with E-state index in [9.17, 15) is 9.59 Å². The minimum Gasteiger partial charge on any atom is -0.481 e. The average molecular weight is 299 g/mol. The molecule has 1 aliphatic rings. The molecule has 3 N–H and O–H groups in total. The van der Waals surface area contributed by atoms with Crippen molar-refractivity contribution in [1.82, 2.24) is 25.4 Å². The van der Waals surface area contributed by atoms with Crippen molar-refractivity contribution in [3.8, 4) is 0 Å². The van der Waals surface area contributed by atoms with Gasteiger partial charge in [-0.3, -0.25) is 9.89 Å². The van der Waals surface area contributed by atoms with Crippen molar-refractivity contribution < 1.29 is 14.7 Å². The predicted octanol–water partition coefficient (Wildman–Crippen LogP) is -0.0511. The molecule has 1 unspecified atom stereocenters. The van der Waals surface area contributed by atoms with E-state index in [-0.39, 0.29) is 18.5 Å². The molecule has 0 spiro atoms. The molecule has 2 rings (SSSR count). The standard InChI is InChI=1S/C11H17N5O3S/c17-10(18)5-8-6-20-4-3-16(8)11(19)12-2-1-9-13-7-14-15-9/h7-8H,1-6H2,(H,12,19)(H,17,18)(H,13,14,15). The molecule has 2 heterocycles. The van der Waals surface area contributed by atoms with Gasteiger partial charge >= 0.3 is 12.0 Å². The number of hydrogen-bond acceptors (Lipinski definition) is 5. The zero-order valence-electron chi connectivity index (χ0n) is 10.9. The van der Waals surface area contributed by atoms with Crippen LogP contribution in [0.5, 0.6) is 0 Å². The fourth-order valence-corrected chi connectivity index (χ4v) is 3.10.